The van der Waals surface area contributed by atoms with Gasteiger partial charge in [0.25, 0.3) is 0 Å². The zero-order chi connectivity index (χ0) is 18.8. The molecule has 0 amide bonds. The first-order chi connectivity index (χ1) is 12.6. The van der Waals surface area contributed by atoms with Crippen LogP contribution in [0.3, 0.4) is 0 Å². The Balaban J connectivity index is 1.82. The largest absolute Gasteiger partial charge is 0.396 e. The van der Waals surface area contributed by atoms with E-state index in [-0.39, 0.29) is 0 Å². The van der Waals surface area contributed by atoms with Crippen molar-refractivity contribution >= 4 is 13.3 Å². The number of unbranched alkanes of at least 4 members (excludes halogenated alkanes) is 4. The number of hydrogen-bond donors (Lipinski definition) is 1. The van der Waals surface area contributed by atoms with Crippen LogP contribution >= 0.6 is 0 Å². The van der Waals surface area contributed by atoms with Crippen LogP contribution in [-0.2, 0) is 0 Å². The Morgan fingerprint density at radius 1 is 0.885 bits per heavy atom. The van der Waals surface area contributed by atoms with Crippen molar-refractivity contribution in [3.8, 4) is 0 Å². The summed E-state index contributed by atoms with van der Waals surface area (Å²) in [6, 6.07) is 11.1. The van der Waals surface area contributed by atoms with E-state index < -0.39 is 8.07 Å². The first-order valence-corrected chi connectivity index (χ1v) is 14.5. The Labute approximate surface area is 163 Å². The molecule has 2 rings (SSSR count). The van der Waals surface area contributed by atoms with E-state index in [1.54, 1.807) is 10.8 Å². The van der Waals surface area contributed by atoms with Crippen LogP contribution in [0.25, 0.3) is 0 Å². The molecule has 0 aromatic heterocycles. The van der Waals surface area contributed by atoms with E-state index in [0.29, 0.717) is 6.61 Å². The molecular formula is C24H42OSi. The predicted molar refractivity (Wildman–Crippen MR) is 118 cm³/mol. The Kier molecular flexibility index (Phi) is 9.42. The highest BCUT2D eigenvalue weighted by molar-refractivity contribution is 6.89. The SMILES string of the molecule is CCCCCC1CCC(c2ccc([Si](C)(C)CCCCCO)cc2)CC1. The highest BCUT2D eigenvalue weighted by Gasteiger charge is 2.25. The van der Waals surface area contributed by atoms with Crippen molar-refractivity contribution in [2.45, 2.75) is 103 Å². The van der Waals surface area contributed by atoms with Gasteiger partial charge in [-0.15, -0.1) is 0 Å². The highest BCUT2D eigenvalue weighted by atomic mass is 28.3. The summed E-state index contributed by atoms with van der Waals surface area (Å²) in [5, 5.41) is 10.6. The summed E-state index contributed by atoms with van der Waals surface area (Å²) in [7, 11) is -1.31. The fourth-order valence-corrected chi connectivity index (χ4v) is 7.17. The topological polar surface area (TPSA) is 20.2 Å². The minimum Gasteiger partial charge on any atom is -0.396 e. The molecule has 1 fully saturated rings. The van der Waals surface area contributed by atoms with Gasteiger partial charge in [-0.2, -0.15) is 0 Å². The molecule has 0 heterocycles. The lowest BCUT2D eigenvalue weighted by Gasteiger charge is -2.29. The van der Waals surface area contributed by atoms with Crippen LogP contribution in [0.15, 0.2) is 24.3 Å². The fraction of sp³-hybridized carbons (Fsp3) is 0.750. The Bertz CT molecular complexity index is 485. The van der Waals surface area contributed by atoms with Crippen molar-refractivity contribution < 1.29 is 5.11 Å². The van der Waals surface area contributed by atoms with E-state index in [9.17, 15) is 0 Å². The molecule has 0 unspecified atom stereocenters. The van der Waals surface area contributed by atoms with Crippen LogP contribution in [0.5, 0.6) is 0 Å². The molecule has 1 nitrogen and oxygen atoms in total. The van der Waals surface area contributed by atoms with Gasteiger partial charge in [0.2, 0.25) is 0 Å². The summed E-state index contributed by atoms with van der Waals surface area (Å²) >= 11 is 0. The van der Waals surface area contributed by atoms with E-state index in [0.717, 1.165) is 18.3 Å². The van der Waals surface area contributed by atoms with Gasteiger partial charge in [0.1, 0.15) is 0 Å². The first kappa shape index (κ1) is 21.7. The van der Waals surface area contributed by atoms with Gasteiger partial charge in [-0.3, -0.25) is 0 Å². The average molecular weight is 375 g/mol. The second-order valence-electron chi connectivity index (χ2n) is 9.25. The van der Waals surface area contributed by atoms with Gasteiger partial charge in [0, 0.05) is 6.61 Å². The van der Waals surface area contributed by atoms with Gasteiger partial charge >= 0.3 is 0 Å². The maximum atomic E-state index is 8.95. The fourth-order valence-electron chi connectivity index (χ4n) is 4.67. The Morgan fingerprint density at radius 2 is 1.58 bits per heavy atom. The molecule has 1 aliphatic carbocycles. The molecule has 2 heteroatoms. The molecule has 0 spiro atoms. The Morgan fingerprint density at radius 3 is 2.19 bits per heavy atom. The molecule has 1 saturated carbocycles. The van der Waals surface area contributed by atoms with Crippen LogP contribution < -0.4 is 5.19 Å². The summed E-state index contributed by atoms with van der Waals surface area (Å²) in [6.45, 7) is 7.66. The summed E-state index contributed by atoms with van der Waals surface area (Å²) in [6.07, 6.45) is 14.8. The third kappa shape index (κ3) is 6.85. The standard InChI is InChI=1S/C24H42OSi/c1-4-5-7-10-21-11-13-22(14-12-21)23-15-17-24(18-16-23)26(2,3)20-9-6-8-19-25/h15-18,21-22,25H,4-14,19-20H2,1-3H3. The lowest BCUT2D eigenvalue weighted by molar-refractivity contribution is 0.284. The third-order valence-corrected chi connectivity index (χ3v) is 10.2. The zero-order valence-corrected chi connectivity index (χ0v) is 18.6. The van der Waals surface area contributed by atoms with Gasteiger partial charge in [0.05, 0.1) is 8.07 Å². The van der Waals surface area contributed by atoms with Crippen molar-refractivity contribution in [2.75, 3.05) is 6.61 Å². The molecular weight excluding hydrogens is 332 g/mol. The molecule has 1 aliphatic rings. The highest BCUT2D eigenvalue weighted by Crippen LogP contribution is 2.37. The molecule has 0 radical (unpaired) electrons. The number of aliphatic hydroxyl groups excluding tert-OH is 1. The van der Waals surface area contributed by atoms with Crippen LogP contribution in [0, 0.1) is 5.92 Å². The average Bonchev–Trinajstić information content (AvgIpc) is 2.66. The van der Waals surface area contributed by atoms with Crippen LogP contribution in [0.1, 0.15) is 89.0 Å². The first-order valence-electron chi connectivity index (χ1n) is 11.3. The zero-order valence-electron chi connectivity index (χ0n) is 17.6. The third-order valence-electron chi connectivity index (χ3n) is 6.69. The summed E-state index contributed by atoms with van der Waals surface area (Å²) in [5.74, 6) is 1.81. The van der Waals surface area contributed by atoms with Crippen molar-refractivity contribution in [3.63, 3.8) is 0 Å². The molecule has 0 aliphatic heterocycles. The number of rotatable bonds is 11. The van der Waals surface area contributed by atoms with Gasteiger partial charge in [-0.25, -0.2) is 0 Å². The van der Waals surface area contributed by atoms with Crippen molar-refractivity contribution in [1.82, 2.24) is 0 Å². The second kappa shape index (κ2) is 11.3. The maximum Gasteiger partial charge on any atom is 0.0806 e. The van der Waals surface area contributed by atoms with Gasteiger partial charge in [-0.05, 0) is 49.5 Å². The number of hydrogen-bond acceptors (Lipinski definition) is 1. The van der Waals surface area contributed by atoms with E-state index >= 15 is 0 Å². The second-order valence-corrected chi connectivity index (χ2v) is 14.1. The molecule has 0 bridgehead atoms. The lowest BCUT2D eigenvalue weighted by atomic mass is 9.77. The van der Waals surface area contributed by atoms with E-state index in [4.69, 9.17) is 5.11 Å². The van der Waals surface area contributed by atoms with Crippen LogP contribution in [0.4, 0.5) is 0 Å². The summed E-state index contributed by atoms with van der Waals surface area (Å²) in [4.78, 5) is 0. The molecule has 1 N–H and O–H groups in total. The van der Waals surface area contributed by atoms with Gasteiger partial charge < -0.3 is 5.11 Å². The predicted octanol–water partition coefficient (Wildman–Crippen LogP) is 6.62. The lowest BCUT2D eigenvalue weighted by Crippen LogP contribution is -2.41. The molecule has 26 heavy (non-hydrogen) atoms. The van der Waals surface area contributed by atoms with E-state index in [2.05, 4.69) is 44.3 Å². The summed E-state index contributed by atoms with van der Waals surface area (Å²) in [5.41, 5.74) is 1.59. The molecule has 1 aromatic carbocycles. The normalized spacial score (nSPS) is 21.1. The molecule has 148 valence electrons. The van der Waals surface area contributed by atoms with E-state index in [1.807, 2.05) is 0 Å². The van der Waals surface area contributed by atoms with E-state index in [1.165, 1.54) is 70.3 Å². The van der Waals surface area contributed by atoms with Gasteiger partial charge in [0.15, 0.2) is 0 Å². The number of benzene rings is 1. The molecule has 0 saturated heterocycles. The van der Waals surface area contributed by atoms with Crippen molar-refractivity contribution in [1.29, 1.82) is 0 Å². The van der Waals surface area contributed by atoms with Gasteiger partial charge in [-0.1, -0.05) is 94.0 Å². The minimum absolute atomic E-state index is 0.345. The Hall–Kier alpha value is -0.603. The monoisotopic (exact) mass is 374 g/mol. The molecule has 0 atom stereocenters. The smallest absolute Gasteiger partial charge is 0.0806 e. The minimum atomic E-state index is -1.31. The quantitative estimate of drug-likeness (QED) is 0.341. The summed E-state index contributed by atoms with van der Waals surface area (Å²) < 4.78 is 0. The van der Waals surface area contributed by atoms with Crippen LogP contribution in [-0.4, -0.2) is 19.8 Å². The van der Waals surface area contributed by atoms with Crippen molar-refractivity contribution in [3.05, 3.63) is 29.8 Å². The van der Waals surface area contributed by atoms with Crippen LogP contribution in [0.2, 0.25) is 19.1 Å². The van der Waals surface area contributed by atoms with Crippen molar-refractivity contribution in [2.24, 2.45) is 5.92 Å². The number of aliphatic hydroxyl groups is 1. The maximum absolute atomic E-state index is 8.95. The molecule has 1 aromatic rings.